The van der Waals surface area contributed by atoms with Crippen LogP contribution >= 0.6 is 0 Å². The molecule has 178 valence electrons. The van der Waals surface area contributed by atoms with E-state index in [-0.39, 0.29) is 11.9 Å². The summed E-state index contributed by atoms with van der Waals surface area (Å²) in [6.45, 7) is 8.05. The van der Waals surface area contributed by atoms with Crippen molar-refractivity contribution in [3.63, 3.8) is 0 Å². The number of hydrogen-bond donors (Lipinski definition) is 0. The number of anilines is 1. The van der Waals surface area contributed by atoms with Gasteiger partial charge in [-0.25, -0.2) is 14.1 Å². The third-order valence-electron chi connectivity index (χ3n) is 7.05. The van der Waals surface area contributed by atoms with Crippen molar-refractivity contribution >= 4 is 5.69 Å². The van der Waals surface area contributed by atoms with Gasteiger partial charge in [0.15, 0.2) is 0 Å². The molecule has 0 radical (unpaired) electrons. The lowest BCUT2D eigenvalue weighted by Crippen LogP contribution is -2.41. The highest BCUT2D eigenvalue weighted by molar-refractivity contribution is 5.66. The fraction of sp³-hybridized carbons (Fsp3) is 0.357. The highest BCUT2D eigenvalue weighted by Gasteiger charge is 2.50. The Morgan fingerprint density at radius 3 is 2.29 bits per heavy atom. The predicted octanol–water partition coefficient (Wildman–Crippen LogP) is 6.81. The molecule has 0 bridgehead atoms. The Bertz CT molecular complexity index is 1190. The van der Waals surface area contributed by atoms with Crippen LogP contribution in [0.2, 0.25) is 0 Å². The lowest BCUT2D eigenvalue weighted by molar-refractivity contribution is -0.0274. The van der Waals surface area contributed by atoms with Gasteiger partial charge < -0.3 is 9.47 Å². The first kappa shape index (κ1) is 22.7. The molecule has 3 aromatic carbocycles. The van der Waals surface area contributed by atoms with E-state index in [0.29, 0.717) is 11.3 Å². The molecule has 2 aliphatic rings. The SMILES string of the molecule is COc1ccc(F)c(-c2ccc(C3CCc4ccc(N5OC(C)(C)C(C)(C)O5)cc4O3)cc2)c1. The second-order valence-electron chi connectivity index (χ2n) is 9.87. The first-order valence-electron chi connectivity index (χ1n) is 11.6. The Balaban J connectivity index is 1.35. The van der Waals surface area contributed by atoms with Crippen molar-refractivity contribution in [1.29, 1.82) is 0 Å². The third kappa shape index (κ3) is 4.01. The molecule has 3 aromatic rings. The van der Waals surface area contributed by atoms with E-state index in [4.69, 9.17) is 19.1 Å². The van der Waals surface area contributed by atoms with Crippen molar-refractivity contribution in [2.24, 2.45) is 0 Å². The van der Waals surface area contributed by atoms with Gasteiger partial charge in [0.05, 0.1) is 12.8 Å². The molecular weight excluding hydrogens is 433 g/mol. The summed E-state index contributed by atoms with van der Waals surface area (Å²) in [5.74, 6) is 1.18. The Morgan fingerprint density at radius 1 is 0.912 bits per heavy atom. The third-order valence-corrected chi connectivity index (χ3v) is 7.05. The first-order chi connectivity index (χ1) is 16.2. The normalized spacial score (nSPS) is 20.5. The van der Waals surface area contributed by atoms with Gasteiger partial charge >= 0.3 is 0 Å². The summed E-state index contributed by atoms with van der Waals surface area (Å²) < 4.78 is 26.0. The number of benzene rings is 3. The molecule has 0 aliphatic carbocycles. The van der Waals surface area contributed by atoms with Crippen molar-refractivity contribution in [1.82, 2.24) is 0 Å². The molecule has 34 heavy (non-hydrogen) atoms. The average Bonchev–Trinajstić information content (AvgIpc) is 3.05. The minimum atomic E-state index is -0.462. The largest absolute Gasteiger partial charge is 0.497 e. The fourth-order valence-corrected chi connectivity index (χ4v) is 4.19. The molecule has 2 heterocycles. The summed E-state index contributed by atoms with van der Waals surface area (Å²) in [7, 11) is 1.58. The molecule has 2 aliphatic heterocycles. The van der Waals surface area contributed by atoms with Crippen LogP contribution in [0.5, 0.6) is 11.5 Å². The molecule has 5 nitrogen and oxygen atoms in total. The zero-order valence-corrected chi connectivity index (χ0v) is 20.2. The Kier molecular flexibility index (Phi) is 5.53. The smallest absolute Gasteiger partial charge is 0.131 e. The van der Waals surface area contributed by atoms with Crippen LogP contribution in [0.4, 0.5) is 10.1 Å². The van der Waals surface area contributed by atoms with E-state index in [1.807, 2.05) is 64.1 Å². The van der Waals surface area contributed by atoms with E-state index >= 15 is 0 Å². The maximum Gasteiger partial charge on any atom is 0.131 e. The summed E-state index contributed by atoms with van der Waals surface area (Å²) in [4.78, 5) is 12.1. The predicted molar refractivity (Wildman–Crippen MR) is 129 cm³/mol. The van der Waals surface area contributed by atoms with E-state index in [1.165, 1.54) is 11.3 Å². The first-order valence-corrected chi connectivity index (χ1v) is 11.6. The average molecular weight is 464 g/mol. The number of ether oxygens (including phenoxy) is 2. The summed E-state index contributed by atoms with van der Waals surface area (Å²) >= 11 is 0. The van der Waals surface area contributed by atoms with E-state index < -0.39 is 11.2 Å². The van der Waals surface area contributed by atoms with Crippen LogP contribution in [0.15, 0.2) is 60.7 Å². The fourth-order valence-electron chi connectivity index (χ4n) is 4.19. The minimum Gasteiger partial charge on any atom is -0.497 e. The van der Waals surface area contributed by atoms with Crippen molar-refractivity contribution < 1.29 is 23.5 Å². The Labute approximate surface area is 199 Å². The van der Waals surface area contributed by atoms with Crippen LogP contribution in [-0.2, 0) is 16.1 Å². The van der Waals surface area contributed by atoms with Gasteiger partial charge in [0.1, 0.15) is 34.6 Å². The minimum absolute atomic E-state index is 0.0831. The van der Waals surface area contributed by atoms with Gasteiger partial charge in [-0.05, 0) is 81.5 Å². The van der Waals surface area contributed by atoms with Crippen LogP contribution in [0.3, 0.4) is 0 Å². The van der Waals surface area contributed by atoms with Gasteiger partial charge in [-0.3, -0.25) is 0 Å². The standard InChI is InChI=1S/C28H30FNO4/c1-27(2)28(3,4)34-30(33-27)21-12-10-20-11-15-25(32-26(20)16-21)19-8-6-18(7-9-19)23-17-22(31-5)13-14-24(23)29/h6-10,12-14,16-17,25H,11,15H2,1-5H3. The van der Waals surface area contributed by atoms with Crippen molar-refractivity contribution in [3.05, 3.63) is 77.6 Å². The van der Waals surface area contributed by atoms with Crippen LogP contribution in [0.1, 0.15) is 51.3 Å². The van der Waals surface area contributed by atoms with Gasteiger partial charge in [0.2, 0.25) is 0 Å². The molecule has 0 aromatic heterocycles. The van der Waals surface area contributed by atoms with Gasteiger partial charge in [-0.2, -0.15) is 0 Å². The molecule has 0 amide bonds. The molecule has 1 fully saturated rings. The van der Waals surface area contributed by atoms with E-state index in [9.17, 15) is 4.39 Å². The molecule has 1 unspecified atom stereocenters. The highest BCUT2D eigenvalue weighted by atomic mass is 19.1. The maximum absolute atomic E-state index is 14.4. The molecular formula is C28H30FNO4. The number of methoxy groups -OCH3 is 1. The van der Waals surface area contributed by atoms with Crippen LogP contribution in [-0.4, -0.2) is 18.3 Å². The van der Waals surface area contributed by atoms with Crippen LogP contribution < -0.4 is 14.7 Å². The maximum atomic E-state index is 14.4. The molecule has 0 spiro atoms. The summed E-state index contributed by atoms with van der Waals surface area (Å²) in [6.07, 6.45) is 1.70. The summed E-state index contributed by atoms with van der Waals surface area (Å²) in [5.41, 5.74) is 3.40. The van der Waals surface area contributed by atoms with Crippen LogP contribution in [0.25, 0.3) is 11.1 Å². The van der Waals surface area contributed by atoms with E-state index in [1.54, 1.807) is 19.2 Å². The molecule has 6 heteroatoms. The Morgan fingerprint density at radius 2 is 1.62 bits per heavy atom. The lowest BCUT2D eigenvalue weighted by Gasteiger charge is -2.28. The van der Waals surface area contributed by atoms with Crippen LogP contribution in [0, 0.1) is 5.82 Å². The van der Waals surface area contributed by atoms with Gasteiger partial charge in [-0.15, -0.1) is 5.23 Å². The van der Waals surface area contributed by atoms with Crippen molar-refractivity contribution in [2.45, 2.75) is 57.8 Å². The van der Waals surface area contributed by atoms with E-state index in [0.717, 1.165) is 41.0 Å². The molecule has 0 N–H and O–H groups in total. The zero-order chi connectivity index (χ0) is 24.1. The number of aryl methyl sites for hydroxylation is 1. The van der Waals surface area contributed by atoms with Gasteiger partial charge in [0, 0.05) is 11.6 Å². The Hall–Kier alpha value is -3.09. The number of nitrogens with zero attached hydrogens (tertiary/aromatic N) is 1. The van der Waals surface area contributed by atoms with Gasteiger partial charge in [0.25, 0.3) is 0 Å². The number of hydrogen-bond acceptors (Lipinski definition) is 5. The monoisotopic (exact) mass is 463 g/mol. The topological polar surface area (TPSA) is 40.2 Å². The number of fused-ring (bicyclic) bond motifs is 1. The second kappa shape index (κ2) is 8.29. The molecule has 5 rings (SSSR count). The number of rotatable bonds is 4. The molecule has 1 saturated heterocycles. The molecule has 0 saturated carbocycles. The zero-order valence-electron chi connectivity index (χ0n) is 20.2. The van der Waals surface area contributed by atoms with Crippen molar-refractivity contribution in [2.75, 3.05) is 12.3 Å². The van der Waals surface area contributed by atoms with Gasteiger partial charge in [-0.1, -0.05) is 30.3 Å². The number of halogens is 1. The second-order valence-corrected chi connectivity index (χ2v) is 9.87. The van der Waals surface area contributed by atoms with E-state index in [2.05, 4.69) is 6.07 Å². The molecule has 1 atom stereocenters. The lowest BCUT2D eigenvalue weighted by atomic mass is 9.90. The highest BCUT2D eigenvalue weighted by Crippen LogP contribution is 2.43. The summed E-state index contributed by atoms with van der Waals surface area (Å²) in [6, 6.07) is 18.7. The van der Waals surface area contributed by atoms with Crippen molar-refractivity contribution in [3.8, 4) is 22.6 Å². The summed E-state index contributed by atoms with van der Waals surface area (Å²) in [5, 5.41) is 1.49. The quantitative estimate of drug-likeness (QED) is 0.425.